The third kappa shape index (κ3) is 2.95. The molecule has 4 heteroatoms. The van der Waals surface area contributed by atoms with Crippen LogP contribution in [0.5, 0.6) is 5.75 Å². The molecule has 0 unspecified atom stereocenters. The Kier molecular flexibility index (Phi) is 4.47. The van der Waals surface area contributed by atoms with Gasteiger partial charge in [-0.3, -0.25) is 4.98 Å². The van der Waals surface area contributed by atoms with Crippen LogP contribution in [0.3, 0.4) is 0 Å². The fourth-order valence-corrected chi connectivity index (χ4v) is 2.82. The van der Waals surface area contributed by atoms with Gasteiger partial charge in [-0.05, 0) is 54.8 Å². The SMILES string of the molecule is CCOC(=O)c1ccc(-c2cc(C)cc(OC)c2)c2cccnc12. The van der Waals surface area contributed by atoms with Crippen LogP contribution in [0.15, 0.2) is 48.7 Å². The van der Waals surface area contributed by atoms with Gasteiger partial charge in [0, 0.05) is 11.6 Å². The molecule has 24 heavy (non-hydrogen) atoms. The average molecular weight is 321 g/mol. The van der Waals surface area contributed by atoms with Crippen LogP contribution in [0.4, 0.5) is 0 Å². The monoisotopic (exact) mass is 321 g/mol. The topological polar surface area (TPSA) is 48.4 Å². The molecule has 0 aliphatic heterocycles. The molecule has 0 N–H and O–H groups in total. The number of aryl methyl sites for hydroxylation is 1. The highest BCUT2D eigenvalue weighted by atomic mass is 16.5. The van der Waals surface area contributed by atoms with Crippen LogP contribution in [0.1, 0.15) is 22.8 Å². The summed E-state index contributed by atoms with van der Waals surface area (Å²) in [4.78, 5) is 16.6. The van der Waals surface area contributed by atoms with Crippen molar-refractivity contribution in [3.8, 4) is 16.9 Å². The van der Waals surface area contributed by atoms with Gasteiger partial charge in [-0.2, -0.15) is 0 Å². The second kappa shape index (κ2) is 6.71. The number of methoxy groups -OCH3 is 1. The lowest BCUT2D eigenvalue weighted by molar-refractivity contribution is 0.0528. The maximum absolute atomic E-state index is 12.2. The number of ether oxygens (including phenoxy) is 2. The van der Waals surface area contributed by atoms with E-state index in [0.717, 1.165) is 27.8 Å². The highest BCUT2D eigenvalue weighted by Crippen LogP contribution is 2.32. The number of rotatable bonds is 4. The van der Waals surface area contributed by atoms with Crippen LogP contribution < -0.4 is 4.74 Å². The van der Waals surface area contributed by atoms with E-state index in [1.165, 1.54) is 0 Å². The van der Waals surface area contributed by atoms with Gasteiger partial charge in [0.1, 0.15) is 5.75 Å². The van der Waals surface area contributed by atoms with E-state index in [4.69, 9.17) is 9.47 Å². The fourth-order valence-electron chi connectivity index (χ4n) is 2.82. The molecule has 1 aromatic heterocycles. The van der Waals surface area contributed by atoms with Crippen molar-refractivity contribution < 1.29 is 14.3 Å². The van der Waals surface area contributed by atoms with Crippen molar-refractivity contribution in [3.05, 3.63) is 59.8 Å². The molecule has 3 aromatic rings. The number of aromatic nitrogens is 1. The minimum atomic E-state index is -0.352. The molecular weight excluding hydrogens is 302 g/mol. The smallest absolute Gasteiger partial charge is 0.340 e. The first-order valence-electron chi connectivity index (χ1n) is 7.85. The Morgan fingerprint density at radius 3 is 2.75 bits per heavy atom. The van der Waals surface area contributed by atoms with Gasteiger partial charge in [-0.1, -0.05) is 18.2 Å². The first kappa shape index (κ1) is 16.0. The van der Waals surface area contributed by atoms with E-state index < -0.39 is 0 Å². The van der Waals surface area contributed by atoms with E-state index in [1.54, 1.807) is 26.3 Å². The average Bonchev–Trinajstić information content (AvgIpc) is 2.60. The molecule has 0 fully saturated rings. The molecular formula is C20H19NO3. The van der Waals surface area contributed by atoms with E-state index in [0.29, 0.717) is 17.7 Å². The van der Waals surface area contributed by atoms with Crippen molar-refractivity contribution in [2.75, 3.05) is 13.7 Å². The van der Waals surface area contributed by atoms with Gasteiger partial charge in [0.15, 0.2) is 0 Å². The van der Waals surface area contributed by atoms with Crippen molar-refractivity contribution in [1.82, 2.24) is 4.98 Å². The van der Waals surface area contributed by atoms with Gasteiger partial charge in [0.05, 0.1) is 24.8 Å². The Bertz CT molecular complexity index is 903. The summed E-state index contributed by atoms with van der Waals surface area (Å²) in [6, 6.07) is 13.6. The van der Waals surface area contributed by atoms with Crippen molar-refractivity contribution in [3.63, 3.8) is 0 Å². The molecule has 0 amide bonds. The summed E-state index contributed by atoms with van der Waals surface area (Å²) in [5, 5.41) is 0.913. The number of carbonyl (C=O) groups is 1. The highest BCUT2D eigenvalue weighted by Gasteiger charge is 2.15. The van der Waals surface area contributed by atoms with Crippen LogP contribution in [-0.4, -0.2) is 24.7 Å². The Balaban J connectivity index is 2.22. The second-order valence-electron chi connectivity index (χ2n) is 5.52. The van der Waals surface area contributed by atoms with Crippen LogP contribution in [0.2, 0.25) is 0 Å². The summed E-state index contributed by atoms with van der Waals surface area (Å²) in [5.41, 5.74) is 4.27. The van der Waals surface area contributed by atoms with Crippen molar-refractivity contribution in [2.24, 2.45) is 0 Å². The molecule has 1 heterocycles. The maximum atomic E-state index is 12.2. The molecule has 0 saturated carbocycles. The zero-order chi connectivity index (χ0) is 17.1. The number of fused-ring (bicyclic) bond motifs is 1. The number of benzene rings is 2. The molecule has 4 nitrogen and oxygen atoms in total. The summed E-state index contributed by atoms with van der Waals surface area (Å²) in [5.74, 6) is 0.450. The molecule has 0 aliphatic rings. The van der Waals surface area contributed by atoms with E-state index in [9.17, 15) is 4.79 Å². The van der Waals surface area contributed by atoms with E-state index in [-0.39, 0.29) is 5.97 Å². The molecule has 122 valence electrons. The Labute approximate surface area is 141 Å². The fraction of sp³-hybridized carbons (Fsp3) is 0.200. The molecule has 0 aliphatic carbocycles. The van der Waals surface area contributed by atoms with Crippen LogP contribution >= 0.6 is 0 Å². The van der Waals surface area contributed by atoms with Crippen LogP contribution in [-0.2, 0) is 4.74 Å². The van der Waals surface area contributed by atoms with E-state index in [2.05, 4.69) is 11.1 Å². The predicted molar refractivity (Wildman–Crippen MR) is 94.4 cm³/mol. The van der Waals surface area contributed by atoms with Crippen molar-refractivity contribution >= 4 is 16.9 Å². The van der Waals surface area contributed by atoms with Gasteiger partial charge >= 0.3 is 5.97 Å². The first-order chi connectivity index (χ1) is 11.6. The Morgan fingerprint density at radius 1 is 1.17 bits per heavy atom. The standard InChI is InChI=1S/C20H19NO3/c1-4-24-20(22)18-8-7-16(17-6-5-9-21-19(17)18)14-10-13(2)11-15(12-14)23-3/h5-12H,4H2,1-3H3. The number of hydrogen-bond acceptors (Lipinski definition) is 4. The van der Waals surface area contributed by atoms with Gasteiger partial charge < -0.3 is 9.47 Å². The quantitative estimate of drug-likeness (QED) is 0.668. The van der Waals surface area contributed by atoms with E-state index >= 15 is 0 Å². The molecule has 0 saturated heterocycles. The van der Waals surface area contributed by atoms with Gasteiger partial charge in [-0.25, -0.2) is 4.79 Å². The van der Waals surface area contributed by atoms with E-state index in [1.807, 2.05) is 37.3 Å². The largest absolute Gasteiger partial charge is 0.497 e. The lowest BCUT2D eigenvalue weighted by Crippen LogP contribution is -2.06. The van der Waals surface area contributed by atoms with Crippen molar-refractivity contribution in [2.45, 2.75) is 13.8 Å². The molecule has 0 spiro atoms. The molecule has 3 rings (SSSR count). The lowest BCUT2D eigenvalue weighted by Gasteiger charge is -2.12. The van der Waals surface area contributed by atoms with Crippen molar-refractivity contribution in [1.29, 1.82) is 0 Å². The highest BCUT2D eigenvalue weighted by molar-refractivity contribution is 6.07. The second-order valence-corrected chi connectivity index (χ2v) is 5.52. The summed E-state index contributed by atoms with van der Waals surface area (Å²) in [7, 11) is 1.65. The third-order valence-corrected chi connectivity index (χ3v) is 3.86. The third-order valence-electron chi connectivity index (χ3n) is 3.86. The van der Waals surface area contributed by atoms with Crippen LogP contribution in [0, 0.1) is 6.92 Å². The normalized spacial score (nSPS) is 10.6. The summed E-state index contributed by atoms with van der Waals surface area (Å²) in [6.45, 7) is 4.16. The van der Waals surface area contributed by atoms with Gasteiger partial charge in [-0.15, -0.1) is 0 Å². The first-order valence-corrected chi connectivity index (χ1v) is 7.85. The Morgan fingerprint density at radius 2 is 2.00 bits per heavy atom. The van der Waals surface area contributed by atoms with Gasteiger partial charge in [0.25, 0.3) is 0 Å². The number of pyridine rings is 1. The Hall–Kier alpha value is -2.88. The zero-order valence-electron chi connectivity index (χ0n) is 14.0. The van der Waals surface area contributed by atoms with Crippen LogP contribution in [0.25, 0.3) is 22.0 Å². The maximum Gasteiger partial charge on any atom is 0.340 e. The summed E-state index contributed by atoms with van der Waals surface area (Å²) >= 11 is 0. The molecule has 0 radical (unpaired) electrons. The molecule has 0 bridgehead atoms. The number of esters is 1. The summed E-state index contributed by atoms with van der Waals surface area (Å²) in [6.07, 6.45) is 1.69. The zero-order valence-corrected chi connectivity index (χ0v) is 14.0. The van der Waals surface area contributed by atoms with Gasteiger partial charge in [0.2, 0.25) is 0 Å². The minimum Gasteiger partial charge on any atom is -0.497 e. The number of nitrogens with zero attached hydrogens (tertiary/aromatic N) is 1. The number of hydrogen-bond donors (Lipinski definition) is 0. The molecule has 2 aromatic carbocycles. The molecule has 0 atom stereocenters. The number of carbonyl (C=O) groups excluding carboxylic acids is 1. The predicted octanol–water partition coefficient (Wildman–Crippen LogP) is 4.40. The summed E-state index contributed by atoms with van der Waals surface area (Å²) < 4.78 is 10.5. The lowest BCUT2D eigenvalue weighted by atomic mass is 9.96. The minimum absolute atomic E-state index is 0.337.